The lowest BCUT2D eigenvalue weighted by molar-refractivity contribution is -0.0264. The molecule has 0 aliphatic carbocycles. The summed E-state index contributed by atoms with van der Waals surface area (Å²) in [5.74, 6) is 0.0100. The largest absolute Gasteiger partial charge is 0.465 e. The molecule has 2 aromatic rings. The molecule has 7 heteroatoms. The fourth-order valence-corrected chi connectivity index (χ4v) is 4.37. The Labute approximate surface area is 187 Å². The van der Waals surface area contributed by atoms with Crippen molar-refractivity contribution in [2.45, 2.75) is 30.8 Å². The maximum Gasteiger partial charge on any atom is 0.407 e. The van der Waals surface area contributed by atoms with Gasteiger partial charge in [0.2, 0.25) is 0 Å². The lowest BCUT2D eigenvalue weighted by Gasteiger charge is -2.39. The molecule has 0 spiro atoms. The molecule has 30 heavy (non-hydrogen) atoms. The van der Waals surface area contributed by atoms with Crippen LogP contribution in [0.2, 0.25) is 10.0 Å². The predicted octanol–water partition coefficient (Wildman–Crippen LogP) is 5.06. The molecule has 0 bridgehead atoms. The second-order valence-corrected chi connectivity index (χ2v) is 8.88. The predicted molar refractivity (Wildman–Crippen MR) is 120 cm³/mol. The number of carbonyl (C=O) groups is 1. The number of nitrogens with zero attached hydrogens (tertiary/aromatic N) is 2. The van der Waals surface area contributed by atoms with Crippen molar-refractivity contribution < 1.29 is 15.0 Å². The van der Waals surface area contributed by atoms with Crippen molar-refractivity contribution in [1.29, 1.82) is 0 Å². The molecule has 1 atom stereocenters. The topological polar surface area (TPSA) is 64.0 Å². The monoisotopic (exact) mass is 450 g/mol. The normalized spacial score (nSPS) is 17.5. The van der Waals surface area contributed by atoms with E-state index >= 15 is 0 Å². The van der Waals surface area contributed by atoms with Gasteiger partial charge in [-0.25, -0.2) is 4.79 Å². The summed E-state index contributed by atoms with van der Waals surface area (Å²) in [6, 6.07) is 15.3. The maximum atomic E-state index is 11.3. The van der Waals surface area contributed by atoms with Crippen LogP contribution in [0.3, 0.4) is 0 Å². The minimum atomic E-state index is -0.953. The van der Waals surface area contributed by atoms with Gasteiger partial charge in [0.15, 0.2) is 0 Å². The van der Waals surface area contributed by atoms with E-state index in [-0.39, 0.29) is 5.92 Å². The third-order valence-electron chi connectivity index (χ3n) is 6.02. The summed E-state index contributed by atoms with van der Waals surface area (Å²) in [6.07, 6.45) is 1.21. The van der Waals surface area contributed by atoms with Crippen LogP contribution in [-0.4, -0.2) is 59.3 Å². The number of amides is 1. The average Bonchev–Trinajstić information content (AvgIpc) is 2.74. The summed E-state index contributed by atoms with van der Waals surface area (Å²) in [6.45, 7) is 2.81. The Morgan fingerprint density at radius 3 is 2.40 bits per heavy atom. The minimum absolute atomic E-state index is 0.0100. The van der Waals surface area contributed by atoms with Crippen LogP contribution in [0.15, 0.2) is 48.5 Å². The second-order valence-electron chi connectivity index (χ2n) is 8.06. The maximum absolute atomic E-state index is 11.3. The highest BCUT2D eigenvalue weighted by Gasteiger charge is 2.33. The first-order valence-corrected chi connectivity index (χ1v) is 10.9. The molecule has 1 amide bonds. The molecular weight excluding hydrogens is 423 g/mol. The Balaban J connectivity index is 1.63. The highest BCUT2D eigenvalue weighted by molar-refractivity contribution is 6.42. The Bertz CT molecular complexity index is 855. The molecule has 0 saturated carbocycles. The summed E-state index contributed by atoms with van der Waals surface area (Å²) < 4.78 is 0. The van der Waals surface area contributed by atoms with Crippen molar-refractivity contribution in [3.05, 3.63) is 69.7 Å². The molecule has 1 unspecified atom stereocenters. The number of benzene rings is 2. The lowest BCUT2D eigenvalue weighted by Crippen LogP contribution is -2.43. The van der Waals surface area contributed by atoms with E-state index < -0.39 is 11.7 Å². The molecule has 2 N–H and O–H groups in total. The van der Waals surface area contributed by atoms with E-state index in [4.69, 9.17) is 23.2 Å². The number of piperidine rings is 1. The lowest BCUT2D eigenvalue weighted by atomic mass is 9.84. The Hall–Kier alpha value is -1.79. The van der Waals surface area contributed by atoms with E-state index in [1.807, 2.05) is 42.5 Å². The van der Waals surface area contributed by atoms with E-state index in [1.165, 1.54) is 4.90 Å². The number of aliphatic hydroxyl groups is 1. The molecule has 3 rings (SSSR count). The standard InChI is InChI=1S/C23H28Cl2N2O3/c1-26(22(28)29)16-18(17-7-8-20(24)21(25)15-17)9-12-27-13-10-23(30,11-14-27)19-5-3-2-4-6-19/h2-8,15,18,30H,9-14,16H2,1H3,(H,28,29). The zero-order chi connectivity index (χ0) is 21.7. The number of likely N-dealkylation sites (tertiary alicyclic amines) is 1. The highest BCUT2D eigenvalue weighted by Crippen LogP contribution is 2.34. The molecule has 0 radical (unpaired) electrons. The number of hydrogen-bond acceptors (Lipinski definition) is 3. The quantitative estimate of drug-likeness (QED) is 0.618. The van der Waals surface area contributed by atoms with Crippen LogP contribution >= 0.6 is 23.2 Å². The van der Waals surface area contributed by atoms with Gasteiger partial charge in [0.05, 0.1) is 15.6 Å². The third-order valence-corrected chi connectivity index (χ3v) is 6.76. The molecule has 1 heterocycles. The molecule has 1 aliphatic heterocycles. The molecule has 5 nitrogen and oxygen atoms in total. The van der Waals surface area contributed by atoms with Crippen LogP contribution in [0.1, 0.15) is 36.3 Å². The van der Waals surface area contributed by atoms with Crippen molar-refractivity contribution in [3.63, 3.8) is 0 Å². The van der Waals surface area contributed by atoms with Crippen LogP contribution in [0.4, 0.5) is 4.79 Å². The van der Waals surface area contributed by atoms with E-state index in [2.05, 4.69) is 4.90 Å². The third kappa shape index (κ3) is 5.67. The zero-order valence-corrected chi connectivity index (χ0v) is 18.6. The Morgan fingerprint density at radius 1 is 1.13 bits per heavy atom. The van der Waals surface area contributed by atoms with E-state index in [0.29, 0.717) is 29.4 Å². The second kappa shape index (κ2) is 10.0. The van der Waals surface area contributed by atoms with Crippen molar-refractivity contribution in [2.24, 2.45) is 0 Å². The number of carboxylic acid groups (broad SMARTS) is 1. The van der Waals surface area contributed by atoms with Crippen LogP contribution in [-0.2, 0) is 5.60 Å². The van der Waals surface area contributed by atoms with Gasteiger partial charge in [-0.15, -0.1) is 0 Å². The smallest absolute Gasteiger partial charge is 0.407 e. The highest BCUT2D eigenvalue weighted by atomic mass is 35.5. The van der Waals surface area contributed by atoms with Crippen LogP contribution in [0, 0.1) is 0 Å². The SMILES string of the molecule is CN(CC(CCN1CCC(O)(c2ccccc2)CC1)c1ccc(Cl)c(Cl)c1)C(=O)O. The summed E-state index contributed by atoms with van der Waals surface area (Å²) in [4.78, 5) is 15.0. The molecular formula is C23H28Cl2N2O3. The summed E-state index contributed by atoms with van der Waals surface area (Å²) in [5.41, 5.74) is 1.18. The van der Waals surface area contributed by atoms with Gasteiger partial charge >= 0.3 is 6.09 Å². The fourth-order valence-electron chi connectivity index (χ4n) is 4.06. The molecule has 0 aromatic heterocycles. The van der Waals surface area contributed by atoms with Crippen molar-refractivity contribution >= 4 is 29.3 Å². The fraction of sp³-hybridized carbons (Fsp3) is 0.435. The number of halogens is 2. The van der Waals surface area contributed by atoms with Gasteiger partial charge < -0.3 is 20.0 Å². The van der Waals surface area contributed by atoms with E-state index in [9.17, 15) is 15.0 Å². The average molecular weight is 451 g/mol. The first-order chi connectivity index (χ1) is 14.3. The molecule has 2 aromatic carbocycles. The number of likely N-dealkylation sites (N-methyl/N-ethyl adjacent to an activating group) is 1. The van der Waals surface area contributed by atoms with Gasteiger partial charge in [-0.05, 0) is 49.1 Å². The van der Waals surface area contributed by atoms with Gasteiger partial charge in [0.1, 0.15) is 0 Å². The van der Waals surface area contributed by atoms with Gasteiger partial charge in [0, 0.05) is 32.6 Å². The van der Waals surface area contributed by atoms with Crippen LogP contribution in [0.25, 0.3) is 0 Å². The summed E-state index contributed by atoms with van der Waals surface area (Å²) in [5, 5.41) is 21.3. The first kappa shape index (κ1) is 22.9. The van der Waals surface area contributed by atoms with E-state index in [0.717, 1.165) is 37.2 Å². The zero-order valence-electron chi connectivity index (χ0n) is 17.1. The van der Waals surface area contributed by atoms with Gasteiger partial charge in [-0.1, -0.05) is 59.6 Å². The van der Waals surface area contributed by atoms with Gasteiger partial charge in [0.25, 0.3) is 0 Å². The Kier molecular flexibility index (Phi) is 7.64. The first-order valence-electron chi connectivity index (χ1n) is 10.2. The van der Waals surface area contributed by atoms with Gasteiger partial charge in [-0.3, -0.25) is 0 Å². The van der Waals surface area contributed by atoms with Crippen LogP contribution in [0.5, 0.6) is 0 Å². The number of rotatable bonds is 7. The minimum Gasteiger partial charge on any atom is -0.465 e. The van der Waals surface area contributed by atoms with E-state index in [1.54, 1.807) is 13.1 Å². The number of hydrogen-bond donors (Lipinski definition) is 2. The van der Waals surface area contributed by atoms with Crippen molar-refractivity contribution in [2.75, 3.05) is 33.2 Å². The molecule has 1 fully saturated rings. The molecule has 1 saturated heterocycles. The summed E-state index contributed by atoms with van der Waals surface area (Å²) >= 11 is 12.2. The van der Waals surface area contributed by atoms with Crippen molar-refractivity contribution in [1.82, 2.24) is 9.80 Å². The van der Waals surface area contributed by atoms with Gasteiger partial charge in [-0.2, -0.15) is 0 Å². The van der Waals surface area contributed by atoms with Crippen LogP contribution < -0.4 is 0 Å². The summed E-state index contributed by atoms with van der Waals surface area (Å²) in [7, 11) is 1.58. The molecule has 1 aliphatic rings. The Morgan fingerprint density at radius 2 is 1.80 bits per heavy atom. The molecule has 162 valence electrons. The van der Waals surface area contributed by atoms with Crippen molar-refractivity contribution in [3.8, 4) is 0 Å².